The van der Waals surface area contributed by atoms with E-state index in [9.17, 15) is 18.6 Å². The summed E-state index contributed by atoms with van der Waals surface area (Å²) in [7, 11) is -1.18. The third-order valence-electron chi connectivity index (χ3n) is 3.45. The van der Waals surface area contributed by atoms with Gasteiger partial charge in [-0.1, -0.05) is 18.2 Å². The number of nitrogens with one attached hydrogen (secondary N) is 1. The highest BCUT2D eigenvalue weighted by Crippen LogP contribution is 2.29. The molecule has 0 saturated heterocycles. The van der Waals surface area contributed by atoms with E-state index in [1.165, 1.54) is 0 Å². The Morgan fingerprint density at radius 1 is 1.57 bits per heavy atom. The van der Waals surface area contributed by atoms with Gasteiger partial charge in [-0.25, -0.2) is 8.78 Å². The van der Waals surface area contributed by atoms with Crippen LogP contribution in [-0.2, 0) is 11.2 Å². The minimum absolute atomic E-state index is 0.284. The highest BCUT2D eigenvalue weighted by molar-refractivity contribution is 6.46. The van der Waals surface area contributed by atoms with Crippen LogP contribution in [0.4, 0.5) is 8.78 Å². The fourth-order valence-corrected chi connectivity index (χ4v) is 2.32. The van der Waals surface area contributed by atoms with E-state index in [-0.39, 0.29) is 6.42 Å². The van der Waals surface area contributed by atoms with Gasteiger partial charge in [-0.3, -0.25) is 4.79 Å². The summed E-state index contributed by atoms with van der Waals surface area (Å²) in [6.07, 6.45) is -0.391. The lowest BCUT2D eigenvalue weighted by Gasteiger charge is -2.29. The highest BCUT2D eigenvalue weighted by atomic mass is 19.3. The number of carbonyl (C=O) groups is 1. The average molecular weight is 297 g/mol. The molecule has 7 heteroatoms. The minimum atomic E-state index is -2.87. The molecule has 21 heavy (non-hydrogen) atoms. The number of fused-ring (bicyclic) bond motifs is 1. The SMILES string of the molecule is Cc1cccc2c1OB(O)[C@@H](NC(=O)CCC(C)(F)F)C2. The van der Waals surface area contributed by atoms with Crippen molar-refractivity contribution in [3.8, 4) is 5.75 Å². The molecule has 1 amide bonds. The average Bonchev–Trinajstić information content (AvgIpc) is 2.38. The fraction of sp³-hybridized carbons (Fsp3) is 0.500. The maximum absolute atomic E-state index is 12.7. The molecule has 1 aromatic rings. The Bertz CT molecular complexity index is 533. The Kier molecular flexibility index (Phi) is 4.51. The number of amides is 1. The Labute approximate surface area is 122 Å². The van der Waals surface area contributed by atoms with Crippen LogP contribution >= 0.6 is 0 Å². The van der Waals surface area contributed by atoms with E-state index in [4.69, 9.17) is 4.65 Å². The summed E-state index contributed by atoms with van der Waals surface area (Å²) in [6, 6.07) is 5.59. The number of alkyl halides is 2. The molecule has 0 aliphatic carbocycles. The first-order valence-electron chi connectivity index (χ1n) is 6.87. The first-order valence-corrected chi connectivity index (χ1v) is 6.87. The lowest BCUT2D eigenvalue weighted by molar-refractivity contribution is -0.123. The largest absolute Gasteiger partial charge is 0.547 e. The van der Waals surface area contributed by atoms with E-state index in [0.29, 0.717) is 12.2 Å². The molecule has 1 aliphatic rings. The maximum Gasteiger partial charge on any atom is 0.547 e. The molecule has 0 radical (unpaired) electrons. The monoisotopic (exact) mass is 297 g/mol. The van der Waals surface area contributed by atoms with Gasteiger partial charge in [0, 0.05) is 12.8 Å². The molecule has 0 saturated carbocycles. The van der Waals surface area contributed by atoms with Gasteiger partial charge in [0.15, 0.2) is 0 Å². The van der Waals surface area contributed by atoms with Crippen LogP contribution in [0, 0.1) is 6.92 Å². The molecule has 1 heterocycles. The van der Waals surface area contributed by atoms with E-state index in [1.54, 1.807) is 0 Å². The number of hydrogen-bond donors (Lipinski definition) is 2. The van der Waals surface area contributed by atoms with Crippen molar-refractivity contribution in [2.24, 2.45) is 0 Å². The van der Waals surface area contributed by atoms with Gasteiger partial charge in [-0.15, -0.1) is 0 Å². The van der Waals surface area contributed by atoms with E-state index >= 15 is 0 Å². The molecule has 0 unspecified atom stereocenters. The van der Waals surface area contributed by atoms with Gasteiger partial charge in [0.2, 0.25) is 11.8 Å². The molecule has 0 fully saturated rings. The van der Waals surface area contributed by atoms with Gasteiger partial charge < -0.3 is 15.0 Å². The first kappa shape index (κ1) is 15.8. The number of halogens is 2. The van der Waals surface area contributed by atoms with Crippen LogP contribution in [0.15, 0.2) is 18.2 Å². The minimum Gasteiger partial charge on any atom is -0.534 e. The highest BCUT2D eigenvalue weighted by Gasteiger charge is 2.36. The summed E-state index contributed by atoms with van der Waals surface area (Å²) in [4.78, 5) is 11.7. The molecular weight excluding hydrogens is 279 g/mol. The molecule has 2 rings (SSSR count). The molecule has 2 N–H and O–H groups in total. The molecule has 0 spiro atoms. The summed E-state index contributed by atoms with van der Waals surface area (Å²) in [5, 5.41) is 12.5. The van der Waals surface area contributed by atoms with E-state index in [2.05, 4.69) is 5.32 Å². The zero-order valence-corrected chi connectivity index (χ0v) is 12.0. The Morgan fingerprint density at radius 2 is 2.29 bits per heavy atom. The van der Waals surface area contributed by atoms with Gasteiger partial charge in [0.05, 0.1) is 5.94 Å². The third-order valence-corrected chi connectivity index (χ3v) is 3.45. The smallest absolute Gasteiger partial charge is 0.534 e. The Hall–Kier alpha value is -1.63. The van der Waals surface area contributed by atoms with Crippen molar-refractivity contribution in [2.45, 2.75) is 45.0 Å². The summed E-state index contributed by atoms with van der Waals surface area (Å²) < 4.78 is 30.9. The lowest BCUT2D eigenvalue weighted by atomic mass is 9.72. The Morgan fingerprint density at radius 3 is 2.95 bits per heavy atom. The van der Waals surface area contributed by atoms with Gasteiger partial charge in [0.1, 0.15) is 5.75 Å². The quantitative estimate of drug-likeness (QED) is 0.834. The Balaban J connectivity index is 1.98. The topological polar surface area (TPSA) is 58.6 Å². The van der Waals surface area contributed by atoms with Gasteiger partial charge in [-0.2, -0.15) is 0 Å². The van der Waals surface area contributed by atoms with Crippen LogP contribution in [-0.4, -0.2) is 29.9 Å². The molecule has 0 aromatic heterocycles. The molecule has 1 aromatic carbocycles. The van der Waals surface area contributed by atoms with E-state index < -0.39 is 31.3 Å². The fourth-order valence-electron chi connectivity index (χ4n) is 2.32. The maximum atomic E-state index is 12.7. The summed E-state index contributed by atoms with van der Waals surface area (Å²) >= 11 is 0. The van der Waals surface area contributed by atoms with Crippen molar-refractivity contribution < 1.29 is 23.3 Å². The van der Waals surface area contributed by atoms with Crippen LogP contribution in [0.5, 0.6) is 5.75 Å². The van der Waals surface area contributed by atoms with Gasteiger partial charge in [-0.05, 0) is 31.4 Å². The van der Waals surface area contributed by atoms with Crippen molar-refractivity contribution in [1.82, 2.24) is 5.32 Å². The molecule has 1 aliphatic heterocycles. The van der Waals surface area contributed by atoms with Crippen LogP contribution in [0.1, 0.15) is 30.9 Å². The zero-order chi connectivity index (χ0) is 15.6. The van der Waals surface area contributed by atoms with E-state index in [0.717, 1.165) is 18.1 Å². The van der Waals surface area contributed by atoms with Crippen molar-refractivity contribution >= 4 is 13.0 Å². The number of aryl methyl sites for hydroxylation is 1. The second-order valence-corrected chi connectivity index (χ2v) is 5.52. The van der Waals surface area contributed by atoms with Crippen molar-refractivity contribution in [2.75, 3.05) is 0 Å². The molecule has 114 valence electrons. The van der Waals surface area contributed by atoms with Crippen LogP contribution in [0.25, 0.3) is 0 Å². The molecule has 1 atom stereocenters. The van der Waals surface area contributed by atoms with Crippen LogP contribution < -0.4 is 9.97 Å². The number of para-hydroxylation sites is 1. The van der Waals surface area contributed by atoms with Gasteiger partial charge >= 0.3 is 7.12 Å². The van der Waals surface area contributed by atoms with E-state index in [1.807, 2.05) is 25.1 Å². The standard InChI is InChI=1S/C14H18BF2NO3/c1-9-4-3-5-10-8-11(15(20)21-13(9)10)18-12(19)6-7-14(2,16)17/h3-5,11,20H,6-8H2,1-2H3,(H,18,19)/t11-/m0/s1. The number of rotatable bonds is 4. The zero-order valence-electron chi connectivity index (χ0n) is 12.0. The van der Waals surface area contributed by atoms with Crippen molar-refractivity contribution in [3.05, 3.63) is 29.3 Å². The third kappa shape index (κ3) is 4.17. The predicted molar refractivity (Wildman–Crippen MR) is 75.3 cm³/mol. The van der Waals surface area contributed by atoms with Gasteiger partial charge in [0.25, 0.3) is 0 Å². The second kappa shape index (κ2) is 6.01. The number of hydrogen-bond acceptors (Lipinski definition) is 3. The second-order valence-electron chi connectivity index (χ2n) is 5.52. The number of carbonyl (C=O) groups excluding carboxylic acids is 1. The summed E-state index contributed by atoms with van der Waals surface area (Å²) in [6.45, 7) is 2.64. The first-order chi connectivity index (χ1) is 9.76. The molecule has 4 nitrogen and oxygen atoms in total. The number of benzene rings is 1. The lowest BCUT2D eigenvalue weighted by Crippen LogP contribution is -2.53. The summed E-state index contributed by atoms with van der Waals surface area (Å²) in [5.41, 5.74) is 1.79. The van der Waals surface area contributed by atoms with Crippen LogP contribution in [0.2, 0.25) is 0 Å². The van der Waals surface area contributed by atoms with Crippen LogP contribution in [0.3, 0.4) is 0 Å². The normalized spacial score (nSPS) is 18.0. The summed E-state index contributed by atoms with van der Waals surface area (Å²) in [5.74, 6) is -3.39. The molecular formula is C14H18BF2NO3. The van der Waals surface area contributed by atoms with Crippen molar-refractivity contribution in [3.63, 3.8) is 0 Å². The van der Waals surface area contributed by atoms with Crippen molar-refractivity contribution in [1.29, 1.82) is 0 Å². The molecule has 0 bridgehead atoms. The predicted octanol–water partition coefficient (Wildman–Crippen LogP) is 1.87.